The fourth-order valence-electron chi connectivity index (χ4n) is 2.75. The minimum absolute atomic E-state index is 0.237. The molecule has 3 heterocycles. The average Bonchev–Trinajstić information content (AvgIpc) is 3.19. The Hall–Kier alpha value is -2.97. The van der Waals surface area contributed by atoms with Crippen LogP contribution in [0.15, 0.2) is 54.0 Å². The summed E-state index contributed by atoms with van der Waals surface area (Å²) in [6.45, 7) is 3.27. The number of hydrogen-bond acceptors (Lipinski definition) is 7. The Morgan fingerprint density at radius 1 is 1.11 bits per heavy atom. The number of hydrogen-bond donors (Lipinski definition) is 2. The second kappa shape index (κ2) is 8.15. The molecule has 3 aromatic rings. The fourth-order valence-corrected chi connectivity index (χ4v) is 3.45. The van der Waals surface area contributed by atoms with E-state index >= 15 is 0 Å². The van der Waals surface area contributed by atoms with Crippen molar-refractivity contribution in [2.45, 2.75) is 0 Å². The summed E-state index contributed by atoms with van der Waals surface area (Å²) in [5.41, 5.74) is 2.24. The Labute approximate surface area is 161 Å². The van der Waals surface area contributed by atoms with Gasteiger partial charge in [-0.25, -0.2) is 9.97 Å². The van der Waals surface area contributed by atoms with E-state index in [1.54, 1.807) is 11.6 Å². The van der Waals surface area contributed by atoms with Crippen LogP contribution in [0.25, 0.3) is 0 Å². The predicted molar refractivity (Wildman–Crippen MR) is 107 cm³/mol. The summed E-state index contributed by atoms with van der Waals surface area (Å²) in [6, 6.07) is 13.4. The molecule has 0 radical (unpaired) electrons. The number of thiazole rings is 1. The van der Waals surface area contributed by atoms with Crippen LogP contribution in [-0.2, 0) is 4.74 Å². The van der Waals surface area contributed by atoms with E-state index in [2.05, 4.69) is 25.5 Å². The Morgan fingerprint density at radius 2 is 1.93 bits per heavy atom. The van der Waals surface area contributed by atoms with Gasteiger partial charge >= 0.3 is 0 Å². The third-order valence-electron chi connectivity index (χ3n) is 4.14. The lowest BCUT2D eigenvalue weighted by atomic mass is 10.2. The van der Waals surface area contributed by atoms with E-state index in [1.807, 2.05) is 42.5 Å². The van der Waals surface area contributed by atoms with Gasteiger partial charge in [0.2, 0.25) is 0 Å². The highest BCUT2D eigenvalue weighted by atomic mass is 32.1. The van der Waals surface area contributed by atoms with Gasteiger partial charge in [-0.3, -0.25) is 4.79 Å². The number of carbonyl (C=O) groups is 1. The lowest BCUT2D eigenvalue weighted by Crippen LogP contribution is -2.36. The lowest BCUT2D eigenvalue weighted by Gasteiger charge is -2.28. The second-order valence-electron chi connectivity index (χ2n) is 5.98. The van der Waals surface area contributed by atoms with Crippen molar-refractivity contribution in [2.75, 3.05) is 41.8 Å². The van der Waals surface area contributed by atoms with Gasteiger partial charge in [-0.15, -0.1) is 11.3 Å². The van der Waals surface area contributed by atoms with Gasteiger partial charge in [0.1, 0.15) is 11.5 Å². The smallest absolute Gasteiger partial charge is 0.275 e. The molecule has 1 fully saturated rings. The number of carbonyl (C=O) groups excluding carboxylic acids is 1. The number of ether oxygens (including phenoxy) is 1. The molecule has 27 heavy (non-hydrogen) atoms. The molecular formula is C19H19N5O2S. The number of pyridine rings is 1. The maximum Gasteiger partial charge on any atom is 0.275 e. The summed E-state index contributed by atoms with van der Waals surface area (Å²) < 4.78 is 5.37. The molecular weight excluding hydrogens is 362 g/mol. The van der Waals surface area contributed by atoms with Crippen LogP contribution >= 0.6 is 11.3 Å². The number of benzene rings is 1. The highest BCUT2D eigenvalue weighted by molar-refractivity contribution is 7.14. The van der Waals surface area contributed by atoms with Gasteiger partial charge in [0.15, 0.2) is 5.13 Å². The number of amides is 1. The van der Waals surface area contributed by atoms with E-state index in [0.29, 0.717) is 16.6 Å². The van der Waals surface area contributed by atoms with Crippen molar-refractivity contribution in [2.24, 2.45) is 0 Å². The SMILES string of the molecule is O=C(Nc1ccc(N2CCOCC2)cc1)c1csc(Nc2ccccn2)n1. The van der Waals surface area contributed by atoms with Crippen molar-refractivity contribution in [1.29, 1.82) is 0 Å². The average molecular weight is 381 g/mol. The first kappa shape index (κ1) is 17.4. The second-order valence-corrected chi connectivity index (χ2v) is 6.84. The van der Waals surface area contributed by atoms with Crippen LogP contribution in [0.5, 0.6) is 0 Å². The number of rotatable bonds is 5. The molecule has 1 aliphatic rings. The van der Waals surface area contributed by atoms with E-state index in [4.69, 9.17) is 4.74 Å². The molecule has 7 nitrogen and oxygen atoms in total. The molecule has 2 aromatic heterocycles. The van der Waals surface area contributed by atoms with Gasteiger partial charge < -0.3 is 20.3 Å². The molecule has 0 spiro atoms. The zero-order chi connectivity index (χ0) is 18.5. The first-order chi connectivity index (χ1) is 13.3. The number of nitrogens with one attached hydrogen (secondary N) is 2. The number of aromatic nitrogens is 2. The molecule has 0 atom stereocenters. The number of morpholine rings is 1. The summed E-state index contributed by atoms with van der Waals surface area (Å²) in [6.07, 6.45) is 1.70. The normalized spacial score (nSPS) is 14.0. The molecule has 0 unspecified atom stereocenters. The van der Waals surface area contributed by atoms with Gasteiger partial charge in [0.25, 0.3) is 5.91 Å². The van der Waals surface area contributed by atoms with Gasteiger partial charge in [0.05, 0.1) is 13.2 Å². The van der Waals surface area contributed by atoms with Crippen molar-refractivity contribution in [1.82, 2.24) is 9.97 Å². The monoisotopic (exact) mass is 381 g/mol. The third-order valence-corrected chi connectivity index (χ3v) is 4.90. The highest BCUT2D eigenvalue weighted by Crippen LogP contribution is 2.22. The van der Waals surface area contributed by atoms with Crippen LogP contribution in [0.4, 0.5) is 22.3 Å². The van der Waals surface area contributed by atoms with E-state index in [-0.39, 0.29) is 5.91 Å². The van der Waals surface area contributed by atoms with Gasteiger partial charge in [0, 0.05) is 36.0 Å². The molecule has 1 saturated heterocycles. The van der Waals surface area contributed by atoms with Gasteiger partial charge in [-0.1, -0.05) is 6.07 Å². The van der Waals surface area contributed by atoms with Crippen LogP contribution in [0.3, 0.4) is 0 Å². The van der Waals surface area contributed by atoms with E-state index in [0.717, 1.165) is 37.7 Å². The van der Waals surface area contributed by atoms with E-state index in [1.165, 1.54) is 11.3 Å². The van der Waals surface area contributed by atoms with Crippen LogP contribution in [-0.4, -0.2) is 42.2 Å². The molecule has 0 bridgehead atoms. The van der Waals surface area contributed by atoms with Crippen LogP contribution < -0.4 is 15.5 Å². The Bertz CT molecular complexity index is 892. The molecule has 1 aromatic carbocycles. The Balaban J connectivity index is 1.37. The summed E-state index contributed by atoms with van der Waals surface area (Å²) in [5, 5.41) is 8.32. The van der Waals surface area contributed by atoms with Crippen molar-refractivity contribution in [3.8, 4) is 0 Å². The standard InChI is InChI=1S/C19H19N5O2S/c25-18(16-13-27-19(22-16)23-17-3-1-2-8-20-17)21-14-4-6-15(7-5-14)24-9-11-26-12-10-24/h1-8,13H,9-12H2,(H,21,25)(H,20,22,23). The fraction of sp³-hybridized carbons (Fsp3) is 0.211. The summed E-state index contributed by atoms with van der Waals surface area (Å²) in [4.78, 5) is 23.2. The molecule has 1 amide bonds. The zero-order valence-electron chi connectivity index (χ0n) is 14.6. The first-order valence-corrected chi connectivity index (χ1v) is 9.53. The highest BCUT2D eigenvalue weighted by Gasteiger charge is 2.13. The third kappa shape index (κ3) is 4.42. The zero-order valence-corrected chi connectivity index (χ0v) is 15.4. The maximum atomic E-state index is 12.4. The maximum absolute atomic E-state index is 12.4. The summed E-state index contributed by atoms with van der Waals surface area (Å²) in [7, 11) is 0. The topological polar surface area (TPSA) is 79.4 Å². The molecule has 0 aliphatic carbocycles. The van der Waals surface area contributed by atoms with Gasteiger partial charge in [-0.2, -0.15) is 0 Å². The summed E-state index contributed by atoms with van der Waals surface area (Å²) in [5.74, 6) is 0.456. The molecule has 2 N–H and O–H groups in total. The number of anilines is 4. The van der Waals surface area contributed by atoms with Crippen LogP contribution in [0.1, 0.15) is 10.5 Å². The van der Waals surface area contributed by atoms with Crippen molar-refractivity contribution >= 4 is 39.6 Å². The minimum atomic E-state index is -0.237. The Morgan fingerprint density at radius 3 is 2.67 bits per heavy atom. The van der Waals surface area contributed by atoms with Crippen molar-refractivity contribution in [3.63, 3.8) is 0 Å². The first-order valence-electron chi connectivity index (χ1n) is 8.66. The van der Waals surface area contributed by atoms with Crippen LogP contribution in [0.2, 0.25) is 0 Å². The van der Waals surface area contributed by atoms with Crippen molar-refractivity contribution in [3.05, 3.63) is 59.7 Å². The largest absolute Gasteiger partial charge is 0.378 e. The predicted octanol–water partition coefficient (Wildman–Crippen LogP) is 3.37. The summed E-state index contributed by atoms with van der Waals surface area (Å²) >= 11 is 1.36. The quantitative estimate of drug-likeness (QED) is 0.705. The van der Waals surface area contributed by atoms with E-state index in [9.17, 15) is 4.79 Å². The molecule has 0 saturated carbocycles. The van der Waals surface area contributed by atoms with E-state index < -0.39 is 0 Å². The lowest BCUT2D eigenvalue weighted by molar-refractivity contribution is 0.102. The van der Waals surface area contributed by atoms with Gasteiger partial charge in [-0.05, 0) is 36.4 Å². The molecule has 138 valence electrons. The molecule has 4 rings (SSSR count). The van der Waals surface area contributed by atoms with Crippen molar-refractivity contribution < 1.29 is 9.53 Å². The minimum Gasteiger partial charge on any atom is -0.378 e. The van der Waals surface area contributed by atoms with Crippen LogP contribution in [0, 0.1) is 0 Å². The molecule has 8 heteroatoms. The Kier molecular flexibility index (Phi) is 5.27. The number of nitrogens with zero attached hydrogens (tertiary/aromatic N) is 3. The molecule has 1 aliphatic heterocycles.